The second-order valence-corrected chi connectivity index (χ2v) is 4.48. The molecule has 1 aromatic heterocycles. The molecule has 1 N–H and O–H groups in total. The zero-order valence-electron chi connectivity index (χ0n) is 11.6. The fourth-order valence-electron chi connectivity index (χ4n) is 2.22. The van der Waals surface area contributed by atoms with E-state index in [9.17, 15) is 14.7 Å². The molecule has 0 spiro atoms. The molecule has 7 nitrogen and oxygen atoms in total. The van der Waals surface area contributed by atoms with E-state index in [1.165, 1.54) is 0 Å². The third kappa shape index (κ3) is 4.42. The number of carbonyl (C=O) groups excluding carboxylic acids is 1. The highest BCUT2D eigenvalue weighted by molar-refractivity contribution is 5.56. The maximum Gasteiger partial charge on any atom is 0.506 e. The Morgan fingerprint density at radius 2 is 1.70 bits per heavy atom. The average Bonchev–Trinajstić information content (AvgIpc) is 2.29. The normalized spacial score (nSPS) is 11.8. The summed E-state index contributed by atoms with van der Waals surface area (Å²) in [5.74, 6) is 0. The fourth-order valence-corrected chi connectivity index (χ4v) is 2.22. The van der Waals surface area contributed by atoms with Crippen LogP contribution in [-0.2, 0) is 9.47 Å². The summed E-state index contributed by atoms with van der Waals surface area (Å²) in [4.78, 5) is 20.9. The summed E-state index contributed by atoms with van der Waals surface area (Å²) in [6.07, 6.45) is -3.08. The van der Waals surface area contributed by atoms with Crippen LogP contribution in [0.3, 0.4) is 0 Å². The van der Waals surface area contributed by atoms with Crippen molar-refractivity contribution < 1.29 is 33.8 Å². The number of hydrogen-bond acceptors (Lipinski definition) is 5. The molecule has 0 fully saturated rings. The lowest BCUT2D eigenvalue weighted by atomic mass is 10.1. The maximum absolute atomic E-state index is 10.5. The number of aryl methyl sites for hydroxylation is 3. The Bertz CT molecular complexity index is 473. The zero-order chi connectivity index (χ0) is 15.3. The first-order chi connectivity index (χ1) is 9.31. The molecule has 0 aromatic carbocycles. The van der Waals surface area contributed by atoms with Gasteiger partial charge in [0.25, 0.3) is 6.16 Å². The molecule has 110 valence electrons. The highest BCUT2D eigenvalue weighted by atomic mass is 16.7. The van der Waals surface area contributed by atoms with Gasteiger partial charge in [-0.05, 0) is 12.5 Å². The summed E-state index contributed by atoms with van der Waals surface area (Å²) in [6.45, 7) is 5.16. The summed E-state index contributed by atoms with van der Waals surface area (Å²) < 4.78 is 10.8. The number of pyridine rings is 1. The van der Waals surface area contributed by atoms with Gasteiger partial charge in [-0.1, -0.05) is 0 Å². The highest BCUT2D eigenvalue weighted by Crippen LogP contribution is 2.08. The standard InChI is InChI=1S/C13H17NO6/c1-8-4-9(2)14(10(3)5-8)11(6-19-12(15)16)7-20-13(17)18/h4-5,11H,6-7H2,1-3H3,(H-,15,16,17,18). The van der Waals surface area contributed by atoms with Crippen molar-refractivity contribution in [2.75, 3.05) is 13.2 Å². The smallest absolute Gasteiger partial charge is 0.506 e. The van der Waals surface area contributed by atoms with Gasteiger partial charge < -0.3 is 24.5 Å². The molecule has 0 bridgehead atoms. The third-order valence-corrected chi connectivity index (χ3v) is 2.79. The molecular weight excluding hydrogens is 266 g/mol. The van der Waals surface area contributed by atoms with Crippen LogP contribution in [0.1, 0.15) is 23.0 Å². The second kappa shape index (κ2) is 6.74. The summed E-state index contributed by atoms with van der Waals surface area (Å²) in [7, 11) is 0. The van der Waals surface area contributed by atoms with Crippen LogP contribution in [0.2, 0.25) is 0 Å². The van der Waals surface area contributed by atoms with E-state index in [2.05, 4.69) is 9.47 Å². The summed E-state index contributed by atoms with van der Waals surface area (Å²) in [6, 6.07) is 3.23. The minimum atomic E-state index is -1.66. The Labute approximate surface area is 116 Å². The highest BCUT2D eigenvalue weighted by Gasteiger charge is 2.25. The molecule has 0 saturated carbocycles. The van der Waals surface area contributed by atoms with Gasteiger partial charge in [-0.25, -0.2) is 4.79 Å². The number of rotatable bonds is 5. The molecule has 0 amide bonds. The monoisotopic (exact) mass is 283 g/mol. The van der Waals surface area contributed by atoms with Gasteiger partial charge in [-0.3, -0.25) is 0 Å². The van der Waals surface area contributed by atoms with Gasteiger partial charge in [0.15, 0.2) is 18.0 Å². The lowest BCUT2D eigenvalue weighted by Crippen LogP contribution is -2.50. The number of aromatic nitrogens is 1. The Morgan fingerprint density at radius 3 is 2.15 bits per heavy atom. The third-order valence-electron chi connectivity index (χ3n) is 2.79. The van der Waals surface area contributed by atoms with E-state index in [1.54, 1.807) is 4.57 Å². The quantitative estimate of drug-likeness (QED) is 0.623. The van der Waals surface area contributed by atoms with E-state index in [0.717, 1.165) is 17.0 Å². The topological polar surface area (TPSA) is 99.8 Å². The van der Waals surface area contributed by atoms with Crippen molar-refractivity contribution in [2.24, 2.45) is 0 Å². The van der Waals surface area contributed by atoms with Crippen molar-refractivity contribution in [3.8, 4) is 0 Å². The van der Waals surface area contributed by atoms with Crippen molar-refractivity contribution in [3.63, 3.8) is 0 Å². The number of ether oxygens (including phenoxy) is 2. The Morgan fingerprint density at radius 1 is 1.20 bits per heavy atom. The fraction of sp³-hybridized carbons (Fsp3) is 0.462. The van der Waals surface area contributed by atoms with Crippen molar-refractivity contribution >= 4 is 12.3 Å². The minimum Gasteiger partial charge on any atom is -0.543 e. The van der Waals surface area contributed by atoms with Crippen molar-refractivity contribution in [1.82, 2.24) is 0 Å². The molecule has 7 heteroatoms. The Hall–Kier alpha value is -2.31. The van der Waals surface area contributed by atoms with Crippen LogP contribution in [0.25, 0.3) is 0 Å². The van der Waals surface area contributed by atoms with Crippen LogP contribution in [0.15, 0.2) is 12.1 Å². The molecule has 1 rings (SSSR count). The van der Waals surface area contributed by atoms with Crippen LogP contribution < -0.4 is 9.67 Å². The summed E-state index contributed by atoms with van der Waals surface area (Å²) in [5.41, 5.74) is 2.75. The van der Waals surface area contributed by atoms with Gasteiger partial charge in [-0.15, -0.1) is 0 Å². The summed E-state index contributed by atoms with van der Waals surface area (Å²) in [5, 5.41) is 19.0. The zero-order valence-corrected chi connectivity index (χ0v) is 11.6. The van der Waals surface area contributed by atoms with E-state index in [4.69, 9.17) is 5.11 Å². The predicted molar refractivity (Wildman–Crippen MR) is 65.2 cm³/mol. The van der Waals surface area contributed by atoms with Gasteiger partial charge in [0.2, 0.25) is 6.04 Å². The lowest BCUT2D eigenvalue weighted by molar-refractivity contribution is -0.736. The van der Waals surface area contributed by atoms with E-state index >= 15 is 0 Å². The Balaban J connectivity index is 3.02. The first kappa shape index (κ1) is 15.7. The summed E-state index contributed by atoms with van der Waals surface area (Å²) >= 11 is 0. The number of nitrogens with zero attached hydrogens (tertiary/aromatic N) is 1. The van der Waals surface area contributed by atoms with Gasteiger partial charge >= 0.3 is 6.16 Å². The molecule has 0 radical (unpaired) electrons. The SMILES string of the molecule is Cc1cc(C)[n+](C(COC(=O)[O-])COC(=O)O)c(C)c1. The van der Waals surface area contributed by atoms with E-state index in [1.807, 2.05) is 32.9 Å². The van der Waals surface area contributed by atoms with E-state index in [-0.39, 0.29) is 13.2 Å². The van der Waals surface area contributed by atoms with Crippen molar-refractivity contribution in [2.45, 2.75) is 26.8 Å². The van der Waals surface area contributed by atoms with Gasteiger partial charge in [0.1, 0.15) is 0 Å². The first-order valence-electron chi connectivity index (χ1n) is 6.00. The molecule has 1 unspecified atom stereocenters. The molecule has 0 aliphatic rings. The first-order valence-corrected chi connectivity index (χ1v) is 6.00. The molecule has 1 heterocycles. The lowest BCUT2D eigenvalue weighted by Gasteiger charge is -2.18. The van der Waals surface area contributed by atoms with Crippen LogP contribution in [0.5, 0.6) is 0 Å². The molecule has 0 aliphatic carbocycles. The Kier molecular flexibility index (Phi) is 5.31. The molecular formula is C13H17NO6. The van der Waals surface area contributed by atoms with Gasteiger partial charge in [0.05, 0.1) is 6.61 Å². The molecule has 1 aromatic rings. The molecule has 1 atom stereocenters. The second-order valence-electron chi connectivity index (χ2n) is 4.48. The van der Waals surface area contributed by atoms with Gasteiger partial charge in [0, 0.05) is 26.0 Å². The average molecular weight is 283 g/mol. The van der Waals surface area contributed by atoms with Crippen molar-refractivity contribution in [3.05, 3.63) is 29.1 Å². The van der Waals surface area contributed by atoms with Crippen LogP contribution in [-0.4, -0.2) is 30.6 Å². The van der Waals surface area contributed by atoms with Gasteiger partial charge in [-0.2, -0.15) is 4.57 Å². The number of carbonyl (C=O) groups is 2. The molecule has 0 aliphatic heterocycles. The van der Waals surface area contributed by atoms with E-state index in [0.29, 0.717) is 0 Å². The maximum atomic E-state index is 10.5. The van der Waals surface area contributed by atoms with Crippen molar-refractivity contribution in [1.29, 1.82) is 0 Å². The molecule has 20 heavy (non-hydrogen) atoms. The molecule has 0 saturated heterocycles. The number of hydrogen-bond donors (Lipinski definition) is 1. The largest absolute Gasteiger partial charge is 0.543 e. The van der Waals surface area contributed by atoms with Crippen LogP contribution in [0, 0.1) is 20.8 Å². The van der Waals surface area contributed by atoms with Crippen LogP contribution >= 0.6 is 0 Å². The minimum absolute atomic E-state index is 0.210. The number of carboxylic acid groups (broad SMARTS) is 2. The predicted octanol–water partition coefficient (Wildman–Crippen LogP) is 0.495. The van der Waals surface area contributed by atoms with Crippen LogP contribution in [0.4, 0.5) is 9.59 Å². The van der Waals surface area contributed by atoms with E-state index < -0.39 is 18.4 Å².